The number of amides is 2. The van der Waals surface area contributed by atoms with Gasteiger partial charge in [0.25, 0.3) is 11.8 Å². The summed E-state index contributed by atoms with van der Waals surface area (Å²) in [5.74, 6) is -0.960. The summed E-state index contributed by atoms with van der Waals surface area (Å²) in [5.41, 5.74) is 5.45. The summed E-state index contributed by atoms with van der Waals surface area (Å²) in [5, 5.41) is 6.17. The molecule has 0 atom stereocenters. The highest BCUT2D eigenvalue weighted by molar-refractivity contribution is 6.36. The number of benzene rings is 2. The van der Waals surface area contributed by atoms with Crippen molar-refractivity contribution in [2.24, 2.45) is 5.92 Å². The molecule has 0 aliphatic carbocycles. The lowest BCUT2D eigenvalue weighted by molar-refractivity contribution is -0.147. The predicted octanol–water partition coefficient (Wildman–Crippen LogP) is 6.29. The number of anilines is 2. The third kappa shape index (κ3) is 8.06. The number of pyridine rings is 2. The Morgan fingerprint density at radius 3 is 2.02 bits per heavy atom. The van der Waals surface area contributed by atoms with Crippen molar-refractivity contribution < 1.29 is 28.6 Å². The zero-order valence-electron chi connectivity index (χ0n) is 27.3. The van der Waals surface area contributed by atoms with Gasteiger partial charge in [-0.3, -0.25) is 29.3 Å². The summed E-state index contributed by atoms with van der Waals surface area (Å²) in [7, 11) is 4.48. The first kappa shape index (κ1) is 34.6. The van der Waals surface area contributed by atoms with E-state index in [4.69, 9.17) is 25.8 Å². The second-order valence-corrected chi connectivity index (χ2v) is 11.8. The molecule has 1 saturated heterocycles. The van der Waals surface area contributed by atoms with Crippen molar-refractivity contribution in [3.05, 3.63) is 106 Å². The molecule has 2 amide bonds. The standard InChI is InChI=1S/C36H38ClN5O6/c1-22-26(7-5-9-28(22)40-33(43)31-14-12-25(20-39-31)36(47-3)48-4)27-8-6-10-29(32(27)37)41-34(44)30-13-11-23(19-38-30)21-42-17-15-24(16-18-42)35(45)46-2/h5-14,19-20,24,36H,15-18,21H2,1-4H3,(H,40,43)(H,41,44). The van der Waals surface area contributed by atoms with E-state index in [1.165, 1.54) is 21.3 Å². The second-order valence-electron chi connectivity index (χ2n) is 11.5. The van der Waals surface area contributed by atoms with Crippen molar-refractivity contribution in [2.75, 3.05) is 45.1 Å². The number of hydrogen-bond donors (Lipinski definition) is 2. The number of rotatable bonds is 11. The maximum absolute atomic E-state index is 13.2. The molecule has 0 spiro atoms. The van der Waals surface area contributed by atoms with Gasteiger partial charge in [0.15, 0.2) is 6.29 Å². The van der Waals surface area contributed by atoms with Crippen LogP contribution >= 0.6 is 11.6 Å². The highest BCUT2D eigenvalue weighted by Crippen LogP contribution is 2.37. The van der Waals surface area contributed by atoms with E-state index in [1.54, 1.807) is 48.8 Å². The minimum absolute atomic E-state index is 0.0484. The number of carbonyl (C=O) groups excluding carboxylic acids is 3. The van der Waals surface area contributed by atoms with Crippen LogP contribution in [-0.4, -0.2) is 67.1 Å². The summed E-state index contributed by atoms with van der Waals surface area (Å²) < 4.78 is 15.4. The number of aromatic nitrogens is 2. The normalized spacial score (nSPS) is 13.7. The fourth-order valence-corrected chi connectivity index (χ4v) is 6.00. The van der Waals surface area contributed by atoms with E-state index in [0.29, 0.717) is 34.1 Å². The Balaban J connectivity index is 1.24. The Bertz CT molecular complexity index is 1750. The first-order valence-corrected chi connectivity index (χ1v) is 15.9. The highest BCUT2D eigenvalue weighted by atomic mass is 35.5. The summed E-state index contributed by atoms with van der Waals surface area (Å²) in [6, 6.07) is 17.8. The largest absolute Gasteiger partial charge is 0.469 e. The number of piperidine rings is 1. The number of ether oxygens (including phenoxy) is 3. The van der Waals surface area contributed by atoms with Crippen molar-refractivity contribution in [1.82, 2.24) is 14.9 Å². The van der Waals surface area contributed by atoms with Gasteiger partial charge in [0.05, 0.1) is 23.7 Å². The van der Waals surface area contributed by atoms with Crippen LogP contribution < -0.4 is 10.6 Å². The Morgan fingerprint density at radius 1 is 0.833 bits per heavy atom. The zero-order chi connectivity index (χ0) is 34.2. The number of esters is 1. The molecule has 0 radical (unpaired) electrons. The number of likely N-dealkylation sites (tertiary alicyclic amines) is 1. The van der Waals surface area contributed by atoms with Gasteiger partial charge in [-0.1, -0.05) is 48.0 Å². The van der Waals surface area contributed by atoms with Gasteiger partial charge in [-0.05, 0) is 73.8 Å². The number of methoxy groups -OCH3 is 3. The number of nitrogens with one attached hydrogen (secondary N) is 2. The van der Waals surface area contributed by atoms with Crippen LogP contribution in [0.4, 0.5) is 11.4 Å². The quantitative estimate of drug-likeness (QED) is 0.140. The molecule has 12 heteroatoms. The Hall–Kier alpha value is -4.68. The summed E-state index contributed by atoms with van der Waals surface area (Å²) >= 11 is 6.85. The van der Waals surface area contributed by atoms with Gasteiger partial charge in [-0.25, -0.2) is 0 Å². The van der Waals surface area contributed by atoms with Crippen molar-refractivity contribution >= 4 is 40.8 Å². The average Bonchev–Trinajstić information content (AvgIpc) is 3.11. The maximum Gasteiger partial charge on any atom is 0.308 e. The van der Waals surface area contributed by atoms with Crippen LogP contribution in [0, 0.1) is 12.8 Å². The van der Waals surface area contributed by atoms with Gasteiger partial charge in [-0.2, -0.15) is 0 Å². The van der Waals surface area contributed by atoms with Crippen LogP contribution in [0.25, 0.3) is 11.1 Å². The minimum Gasteiger partial charge on any atom is -0.469 e. The molecular formula is C36H38ClN5O6. The number of nitrogens with zero attached hydrogens (tertiary/aromatic N) is 3. The van der Waals surface area contributed by atoms with Crippen LogP contribution in [0.5, 0.6) is 0 Å². The van der Waals surface area contributed by atoms with E-state index >= 15 is 0 Å². The number of hydrogen-bond acceptors (Lipinski definition) is 9. The minimum atomic E-state index is -0.573. The van der Waals surface area contributed by atoms with E-state index in [2.05, 4.69) is 25.5 Å². The van der Waals surface area contributed by atoms with E-state index in [9.17, 15) is 14.4 Å². The van der Waals surface area contributed by atoms with Crippen LogP contribution in [0.3, 0.4) is 0 Å². The molecule has 5 rings (SSSR count). The van der Waals surface area contributed by atoms with E-state index in [0.717, 1.165) is 42.6 Å². The topological polar surface area (TPSA) is 132 Å². The van der Waals surface area contributed by atoms with Crippen molar-refractivity contribution in [2.45, 2.75) is 32.6 Å². The Labute approximate surface area is 284 Å². The third-order valence-electron chi connectivity index (χ3n) is 8.42. The zero-order valence-corrected chi connectivity index (χ0v) is 28.0. The molecule has 2 N–H and O–H groups in total. The van der Waals surface area contributed by atoms with E-state index in [1.807, 2.05) is 31.2 Å². The van der Waals surface area contributed by atoms with Gasteiger partial charge in [0.2, 0.25) is 0 Å². The van der Waals surface area contributed by atoms with Gasteiger partial charge < -0.3 is 24.8 Å². The SMILES string of the molecule is COC(=O)C1CCN(Cc2ccc(C(=O)Nc3cccc(-c4cccc(NC(=O)c5ccc(C(OC)OC)cn5)c4C)c3Cl)nc2)CC1. The molecular weight excluding hydrogens is 634 g/mol. The summed E-state index contributed by atoms with van der Waals surface area (Å²) in [6.07, 6.45) is 4.18. The molecule has 1 fully saturated rings. The first-order chi connectivity index (χ1) is 23.2. The first-order valence-electron chi connectivity index (χ1n) is 15.5. The molecule has 250 valence electrons. The van der Waals surface area contributed by atoms with E-state index in [-0.39, 0.29) is 29.2 Å². The second kappa shape index (κ2) is 15.9. The molecule has 0 unspecified atom stereocenters. The summed E-state index contributed by atoms with van der Waals surface area (Å²) in [4.78, 5) is 48.9. The molecule has 1 aliphatic heterocycles. The lowest BCUT2D eigenvalue weighted by atomic mass is 9.97. The molecule has 4 aromatic rings. The summed E-state index contributed by atoms with van der Waals surface area (Å²) in [6.45, 7) is 4.16. The van der Waals surface area contributed by atoms with E-state index < -0.39 is 12.2 Å². The van der Waals surface area contributed by atoms with Crippen LogP contribution in [0.15, 0.2) is 73.1 Å². The smallest absolute Gasteiger partial charge is 0.308 e. The molecule has 2 aromatic carbocycles. The fourth-order valence-electron chi connectivity index (χ4n) is 5.72. The molecule has 0 bridgehead atoms. The maximum atomic E-state index is 13.2. The monoisotopic (exact) mass is 671 g/mol. The van der Waals surface area contributed by atoms with Crippen LogP contribution in [0.1, 0.15) is 56.8 Å². The van der Waals surface area contributed by atoms with Crippen molar-refractivity contribution in [3.8, 4) is 11.1 Å². The van der Waals surface area contributed by atoms with Gasteiger partial charge in [0, 0.05) is 50.0 Å². The lowest BCUT2D eigenvalue weighted by Gasteiger charge is -2.30. The van der Waals surface area contributed by atoms with Gasteiger partial charge >= 0.3 is 5.97 Å². The van der Waals surface area contributed by atoms with Crippen LogP contribution in [-0.2, 0) is 25.5 Å². The number of halogens is 1. The highest BCUT2D eigenvalue weighted by Gasteiger charge is 2.25. The average molecular weight is 672 g/mol. The number of carbonyl (C=O) groups is 3. The molecule has 2 aromatic heterocycles. The molecule has 0 saturated carbocycles. The lowest BCUT2D eigenvalue weighted by Crippen LogP contribution is -2.36. The van der Waals surface area contributed by atoms with Crippen molar-refractivity contribution in [3.63, 3.8) is 0 Å². The molecule has 1 aliphatic rings. The fraction of sp³-hybridized carbons (Fsp3) is 0.306. The van der Waals surface area contributed by atoms with Crippen LogP contribution in [0.2, 0.25) is 5.02 Å². The third-order valence-corrected chi connectivity index (χ3v) is 8.83. The van der Waals surface area contributed by atoms with Gasteiger partial charge in [-0.15, -0.1) is 0 Å². The Kier molecular flexibility index (Phi) is 11.5. The molecule has 11 nitrogen and oxygen atoms in total. The van der Waals surface area contributed by atoms with Crippen molar-refractivity contribution in [1.29, 1.82) is 0 Å². The van der Waals surface area contributed by atoms with Gasteiger partial charge in [0.1, 0.15) is 11.4 Å². The predicted molar refractivity (Wildman–Crippen MR) is 183 cm³/mol. The Morgan fingerprint density at radius 2 is 1.44 bits per heavy atom. The molecule has 48 heavy (non-hydrogen) atoms. The molecule has 3 heterocycles.